The van der Waals surface area contributed by atoms with Crippen molar-refractivity contribution in [1.29, 1.82) is 0 Å². The van der Waals surface area contributed by atoms with Gasteiger partial charge in [-0.1, -0.05) is 0 Å². The molecule has 0 amide bonds. The quantitative estimate of drug-likeness (QED) is 0.306. The van der Waals surface area contributed by atoms with Crippen LogP contribution in [0, 0.1) is 0 Å². The number of halogens is 1. The van der Waals surface area contributed by atoms with Crippen molar-refractivity contribution in [3.05, 3.63) is 0 Å². The standard InChI is InChI=1S/ClH.Na.O.Zn/h1H;;;/q;+1;;/p-1. The molecule has 0 saturated carbocycles. The van der Waals surface area contributed by atoms with Gasteiger partial charge in [0.1, 0.15) is 0 Å². The van der Waals surface area contributed by atoms with Gasteiger partial charge in [0.2, 0.25) is 0 Å². The van der Waals surface area contributed by atoms with Crippen molar-refractivity contribution >= 4 is 0 Å². The van der Waals surface area contributed by atoms with Gasteiger partial charge >= 0.3 is 51.4 Å². The Hall–Kier alpha value is 1.71. The van der Waals surface area contributed by atoms with E-state index >= 15 is 0 Å². The maximum absolute atomic E-state index is 8.38. The van der Waals surface area contributed by atoms with Gasteiger partial charge < -0.3 is 12.4 Å². The molecule has 0 aromatic carbocycles. The molecule has 0 heterocycles. The van der Waals surface area contributed by atoms with Crippen molar-refractivity contribution in [2.24, 2.45) is 0 Å². The van der Waals surface area contributed by atoms with Gasteiger partial charge in [0.25, 0.3) is 0 Å². The summed E-state index contributed by atoms with van der Waals surface area (Å²) in [5.74, 6) is 0. The first-order valence-electron chi connectivity index (χ1n) is 0.289. The maximum atomic E-state index is 8.38. The molecule has 0 saturated heterocycles. The first kappa shape index (κ1) is 17.2. The van der Waals surface area contributed by atoms with Gasteiger partial charge in [0.05, 0.1) is 0 Å². The summed E-state index contributed by atoms with van der Waals surface area (Å²) in [5, 5.41) is 0. The van der Waals surface area contributed by atoms with E-state index in [1.807, 2.05) is 0 Å². The fourth-order valence-corrected chi connectivity index (χ4v) is 0. The summed E-state index contributed by atoms with van der Waals surface area (Å²) in [7, 11) is 0. The van der Waals surface area contributed by atoms with E-state index in [0.717, 1.165) is 0 Å². The molecular formula is ClNaOZn. The van der Waals surface area contributed by atoms with Gasteiger partial charge in [-0.2, -0.15) is 0 Å². The fraction of sp³-hybridized carbons (Fsp3) is 0. The van der Waals surface area contributed by atoms with Gasteiger partial charge in [-0.3, -0.25) is 0 Å². The summed E-state index contributed by atoms with van der Waals surface area (Å²) >= 11 is 0.125. The van der Waals surface area contributed by atoms with E-state index in [-0.39, 0.29) is 60.2 Å². The van der Waals surface area contributed by atoms with E-state index in [1.54, 1.807) is 0 Å². The van der Waals surface area contributed by atoms with E-state index in [4.69, 9.17) is 3.57 Å². The Morgan fingerprint density at radius 3 is 1.25 bits per heavy atom. The molecule has 0 aliphatic heterocycles. The average Bonchev–Trinajstić information content (AvgIpc) is 1.00. The minimum absolute atomic E-state index is 0. The van der Waals surface area contributed by atoms with Gasteiger partial charge in [0.15, 0.2) is 0 Å². The number of rotatable bonds is 0. The molecule has 0 bridgehead atoms. The zero-order valence-electron chi connectivity index (χ0n) is 2.49. The van der Waals surface area contributed by atoms with Crippen LogP contribution in [-0.4, -0.2) is 0 Å². The summed E-state index contributed by atoms with van der Waals surface area (Å²) < 4.78 is 8.38. The zero-order chi connectivity index (χ0) is 2.00. The summed E-state index contributed by atoms with van der Waals surface area (Å²) in [5.41, 5.74) is 0. The Kier molecular flexibility index (Phi) is 95.4. The Balaban J connectivity index is -0.00000000500. The second kappa shape index (κ2) is 22.1. The van der Waals surface area contributed by atoms with Crippen LogP contribution in [0.1, 0.15) is 0 Å². The molecule has 0 aromatic rings. The van der Waals surface area contributed by atoms with Gasteiger partial charge in [-0.15, -0.1) is 0 Å². The van der Waals surface area contributed by atoms with E-state index in [1.165, 1.54) is 0 Å². The second-order valence-electron chi connectivity index (χ2n) is 0. The molecule has 4 heavy (non-hydrogen) atoms. The summed E-state index contributed by atoms with van der Waals surface area (Å²) in [6, 6.07) is 0. The third kappa shape index (κ3) is 9.31. The summed E-state index contributed by atoms with van der Waals surface area (Å²) in [6.45, 7) is 0. The zero-order valence-corrected chi connectivity index (χ0v) is 8.22. The fourth-order valence-electron chi connectivity index (χ4n) is 0. The molecule has 0 rings (SSSR count). The summed E-state index contributed by atoms with van der Waals surface area (Å²) in [4.78, 5) is 0. The molecule has 0 N–H and O–H groups in total. The second-order valence-corrected chi connectivity index (χ2v) is 0. The van der Waals surface area contributed by atoms with Crippen LogP contribution in [0.25, 0.3) is 0 Å². The Bertz CT molecular complexity index is 8.00. The molecule has 0 aliphatic carbocycles. The normalized spacial score (nSPS) is 1.50. The van der Waals surface area contributed by atoms with Crippen LogP contribution in [-0.2, 0) is 21.8 Å². The molecule has 0 unspecified atom stereocenters. The molecular weight excluding hydrogens is 140 g/mol. The van der Waals surface area contributed by atoms with Crippen molar-refractivity contribution in [3.63, 3.8) is 0 Å². The Morgan fingerprint density at radius 1 is 1.25 bits per heavy atom. The van der Waals surface area contributed by atoms with E-state index in [2.05, 4.69) is 0 Å². The van der Waals surface area contributed by atoms with Crippen molar-refractivity contribution in [1.82, 2.24) is 0 Å². The molecule has 1 nitrogen and oxygen atoms in total. The van der Waals surface area contributed by atoms with Crippen LogP contribution in [0.2, 0.25) is 0 Å². The first-order chi connectivity index (χ1) is 1.00. The van der Waals surface area contributed by atoms with Crippen LogP contribution in [0.4, 0.5) is 0 Å². The third-order valence-corrected chi connectivity index (χ3v) is 0. The third-order valence-electron chi connectivity index (χ3n) is 0. The molecule has 0 fully saturated rings. The van der Waals surface area contributed by atoms with Crippen molar-refractivity contribution in [3.8, 4) is 0 Å². The van der Waals surface area contributed by atoms with Crippen LogP contribution in [0.3, 0.4) is 0 Å². The van der Waals surface area contributed by atoms with Gasteiger partial charge in [-0.05, 0) is 0 Å². The topological polar surface area (TPSA) is 17.1 Å². The minimum atomic E-state index is 0. The monoisotopic (exact) mass is 138 g/mol. The van der Waals surface area contributed by atoms with Crippen molar-refractivity contribution < 1.29 is 63.8 Å². The van der Waals surface area contributed by atoms with Gasteiger partial charge in [0, 0.05) is 0 Å². The van der Waals surface area contributed by atoms with Crippen LogP contribution < -0.4 is 42.0 Å². The molecule has 0 aromatic heterocycles. The summed E-state index contributed by atoms with van der Waals surface area (Å²) in [6.07, 6.45) is 0. The Morgan fingerprint density at radius 2 is 1.25 bits per heavy atom. The van der Waals surface area contributed by atoms with Crippen molar-refractivity contribution in [2.75, 3.05) is 0 Å². The SMILES string of the molecule is [Cl-].[Na+].[O]=[Zn]. The predicted octanol–water partition coefficient (Wildman–Crippen LogP) is -6.11. The number of hydrogen-bond donors (Lipinski definition) is 0. The van der Waals surface area contributed by atoms with E-state index in [0.29, 0.717) is 0 Å². The van der Waals surface area contributed by atoms with Crippen molar-refractivity contribution in [2.45, 2.75) is 0 Å². The predicted molar refractivity (Wildman–Crippen MR) is 0.686 cm³/mol. The molecule has 0 aliphatic rings. The molecule has 0 radical (unpaired) electrons. The molecule has 0 atom stereocenters. The molecule has 0 spiro atoms. The van der Waals surface area contributed by atoms with E-state index in [9.17, 15) is 0 Å². The van der Waals surface area contributed by atoms with Crippen LogP contribution >= 0.6 is 0 Å². The van der Waals surface area contributed by atoms with Crippen LogP contribution in [0.15, 0.2) is 0 Å². The van der Waals surface area contributed by atoms with Crippen LogP contribution in [0.5, 0.6) is 0 Å². The first-order valence-corrected chi connectivity index (χ1v) is 1.50. The molecule has 4 heteroatoms. The van der Waals surface area contributed by atoms with E-state index < -0.39 is 0 Å². The average molecular weight is 140 g/mol. The van der Waals surface area contributed by atoms with Gasteiger partial charge in [-0.25, -0.2) is 0 Å². The molecule has 16 valence electrons. The number of hydrogen-bond acceptors (Lipinski definition) is 1. The Labute approximate surface area is 63.2 Å².